The maximum absolute atomic E-state index is 7.70. The summed E-state index contributed by atoms with van der Waals surface area (Å²) in [6.45, 7) is 0. The first-order valence-corrected chi connectivity index (χ1v) is 3.65. The van der Waals surface area contributed by atoms with Crippen molar-refractivity contribution in [3.63, 3.8) is 0 Å². The minimum atomic E-state index is -0.606. The fourth-order valence-electron chi connectivity index (χ4n) is 0.687. The van der Waals surface area contributed by atoms with Gasteiger partial charge in [-0.1, -0.05) is 36.3 Å². The molecule has 14 heavy (non-hydrogen) atoms. The van der Waals surface area contributed by atoms with E-state index in [9.17, 15) is 0 Å². The first-order valence-electron chi connectivity index (χ1n) is 8.65. The minimum absolute atomic E-state index is 0.479. The van der Waals surface area contributed by atoms with Crippen molar-refractivity contribution in [3.05, 3.63) is 60.4 Å². The Labute approximate surface area is 97.0 Å². The predicted molar refractivity (Wildman–Crippen MR) is 57.1 cm³/mol. The van der Waals surface area contributed by atoms with E-state index >= 15 is 0 Å². The lowest BCUT2D eigenvalue weighted by molar-refractivity contribution is 1.23. The SMILES string of the molecule is [2H]c1c([2H])c([2H])c(N=Nc2c([2H])c([2H])c([2H])c([2H])c2[2H])c([2H])c1[2H]. The molecule has 0 bridgehead atoms. The molecule has 0 unspecified atom stereocenters. The van der Waals surface area contributed by atoms with E-state index in [0.717, 1.165) is 0 Å². The van der Waals surface area contributed by atoms with Crippen molar-refractivity contribution in [1.29, 1.82) is 0 Å². The van der Waals surface area contributed by atoms with Gasteiger partial charge in [0.05, 0.1) is 25.1 Å². The van der Waals surface area contributed by atoms with E-state index in [0.29, 0.717) is 0 Å². The van der Waals surface area contributed by atoms with Gasteiger partial charge >= 0.3 is 0 Å². The average Bonchev–Trinajstić information content (AvgIpc) is 2.57. The molecule has 0 saturated carbocycles. The molecule has 0 aromatic heterocycles. The summed E-state index contributed by atoms with van der Waals surface area (Å²) >= 11 is 0. The summed E-state index contributed by atoms with van der Waals surface area (Å²) in [5.74, 6) is 0. The first-order chi connectivity index (χ1) is 11.1. The summed E-state index contributed by atoms with van der Waals surface area (Å²) in [6.07, 6.45) is 0. The average molecular weight is 192 g/mol. The molecule has 0 saturated heterocycles. The van der Waals surface area contributed by atoms with Crippen LogP contribution in [0.2, 0.25) is 0 Å². The lowest BCUT2D eigenvalue weighted by Gasteiger charge is -1.91. The highest BCUT2D eigenvalue weighted by atomic mass is 15.1. The largest absolute Gasteiger partial charge is 0.151 e. The van der Waals surface area contributed by atoms with Crippen LogP contribution in [0, 0.1) is 0 Å². The van der Waals surface area contributed by atoms with Gasteiger partial charge in [0.1, 0.15) is 0 Å². The quantitative estimate of drug-likeness (QED) is 0.640. The van der Waals surface area contributed by atoms with Crippen LogP contribution in [-0.2, 0) is 0 Å². The Balaban J connectivity index is 2.67. The molecule has 0 amide bonds. The van der Waals surface area contributed by atoms with Crippen LogP contribution in [0.15, 0.2) is 70.7 Å². The maximum Gasteiger partial charge on any atom is 0.0857 e. The molecule has 0 aliphatic carbocycles. The molecule has 0 radical (unpaired) electrons. The second-order valence-electron chi connectivity index (χ2n) is 2.15. The molecule has 0 atom stereocenters. The number of hydrogen-bond acceptors (Lipinski definition) is 2. The van der Waals surface area contributed by atoms with E-state index in [1.54, 1.807) is 0 Å². The number of azo groups is 1. The van der Waals surface area contributed by atoms with Crippen molar-refractivity contribution in [3.8, 4) is 0 Å². The van der Waals surface area contributed by atoms with Crippen LogP contribution in [-0.4, -0.2) is 0 Å². The second-order valence-corrected chi connectivity index (χ2v) is 2.15. The first kappa shape index (κ1) is 2.76. The zero-order valence-electron chi connectivity index (χ0n) is 16.9. The molecule has 0 spiro atoms. The highest BCUT2D eigenvalue weighted by Gasteiger charge is 1.86. The molecule has 0 aliphatic rings. The van der Waals surface area contributed by atoms with Crippen molar-refractivity contribution in [2.24, 2.45) is 10.2 Å². The molecule has 2 heteroatoms. The summed E-state index contributed by atoms with van der Waals surface area (Å²) in [4.78, 5) is 0. The van der Waals surface area contributed by atoms with Crippen molar-refractivity contribution < 1.29 is 13.7 Å². The van der Waals surface area contributed by atoms with E-state index in [4.69, 9.17) is 13.7 Å². The van der Waals surface area contributed by atoms with Crippen LogP contribution in [0.3, 0.4) is 0 Å². The summed E-state index contributed by atoms with van der Waals surface area (Å²) in [5, 5.41) is 7.06. The van der Waals surface area contributed by atoms with Gasteiger partial charge in [-0.3, -0.25) is 0 Å². The Hall–Kier alpha value is -1.96. The molecular weight excluding hydrogens is 172 g/mol. The highest BCUT2D eigenvalue weighted by molar-refractivity contribution is 5.39. The summed E-state index contributed by atoms with van der Waals surface area (Å²) in [5.41, 5.74) is -0.958. The lowest BCUT2D eigenvalue weighted by atomic mass is 10.3. The van der Waals surface area contributed by atoms with Gasteiger partial charge in [-0.2, -0.15) is 10.2 Å². The van der Waals surface area contributed by atoms with Gasteiger partial charge in [-0.15, -0.1) is 0 Å². The van der Waals surface area contributed by atoms with E-state index in [1.165, 1.54) is 0 Å². The van der Waals surface area contributed by atoms with Crippen LogP contribution in [0.4, 0.5) is 11.4 Å². The number of nitrogens with zero attached hydrogens (tertiary/aromatic N) is 2. The zero-order valence-corrected chi connectivity index (χ0v) is 6.89. The van der Waals surface area contributed by atoms with Crippen molar-refractivity contribution in [2.45, 2.75) is 0 Å². The van der Waals surface area contributed by atoms with Gasteiger partial charge in [0, 0.05) is 0 Å². The smallest absolute Gasteiger partial charge is 0.0857 e. The normalized spacial score (nSPS) is 20.6. The third-order valence-corrected chi connectivity index (χ3v) is 1.22. The van der Waals surface area contributed by atoms with Crippen LogP contribution < -0.4 is 0 Å². The fraction of sp³-hybridized carbons (Fsp3) is 0. The third-order valence-electron chi connectivity index (χ3n) is 1.22. The number of hydrogen-bond donors (Lipinski definition) is 0. The molecule has 0 aliphatic heterocycles. The number of rotatable bonds is 2. The van der Waals surface area contributed by atoms with E-state index < -0.39 is 71.8 Å². The Morgan fingerprint density at radius 1 is 0.643 bits per heavy atom. The second kappa shape index (κ2) is 4.33. The third kappa shape index (κ3) is 2.26. The Bertz CT molecular complexity index is 748. The minimum Gasteiger partial charge on any atom is -0.151 e. The van der Waals surface area contributed by atoms with Gasteiger partial charge < -0.3 is 0 Å². The zero-order chi connectivity index (χ0) is 18.3. The fourth-order valence-corrected chi connectivity index (χ4v) is 0.687. The maximum atomic E-state index is 7.70. The lowest BCUT2D eigenvalue weighted by Crippen LogP contribution is -1.62. The van der Waals surface area contributed by atoms with Crippen LogP contribution in [0.5, 0.6) is 0 Å². The van der Waals surface area contributed by atoms with Gasteiger partial charge in [-0.25, -0.2) is 0 Å². The monoisotopic (exact) mass is 192 g/mol. The van der Waals surface area contributed by atoms with Crippen LogP contribution >= 0.6 is 0 Å². The topological polar surface area (TPSA) is 24.7 Å². The van der Waals surface area contributed by atoms with Gasteiger partial charge in [0.25, 0.3) is 0 Å². The predicted octanol–water partition coefficient (Wildman–Crippen LogP) is 4.10. The van der Waals surface area contributed by atoms with E-state index in [2.05, 4.69) is 10.2 Å². The Kier molecular flexibility index (Phi) is 0.854. The molecule has 68 valence electrons. The Morgan fingerprint density at radius 3 is 1.36 bits per heavy atom. The molecule has 2 rings (SSSR count). The standard InChI is InChI=1S/C12H10N2/c1-3-7-11(8-4-1)13-14-12-9-5-2-6-10-12/h1-10H/i1D,2D,3D,4D,5D,6D,7D,8D,9D,10D. The van der Waals surface area contributed by atoms with Crippen molar-refractivity contribution in [2.75, 3.05) is 0 Å². The van der Waals surface area contributed by atoms with Crippen molar-refractivity contribution in [1.82, 2.24) is 0 Å². The highest BCUT2D eigenvalue weighted by Crippen LogP contribution is 2.16. The molecule has 2 nitrogen and oxygen atoms in total. The molecule has 0 heterocycles. The summed E-state index contributed by atoms with van der Waals surface area (Å²) < 4.78 is 75.9. The van der Waals surface area contributed by atoms with Gasteiger partial charge in [0.15, 0.2) is 0 Å². The van der Waals surface area contributed by atoms with Crippen LogP contribution in [0.25, 0.3) is 0 Å². The molecule has 0 fully saturated rings. The summed E-state index contributed by atoms with van der Waals surface area (Å²) in [7, 11) is 0. The van der Waals surface area contributed by atoms with Gasteiger partial charge in [-0.05, 0) is 24.2 Å². The molecular formula is C12H10N2. The summed E-state index contributed by atoms with van der Waals surface area (Å²) in [6, 6.07) is -6.00. The number of benzene rings is 2. The van der Waals surface area contributed by atoms with Gasteiger partial charge in [0.2, 0.25) is 0 Å². The van der Waals surface area contributed by atoms with E-state index in [-0.39, 0.29) is 0 Å². The molecule has 2 aromatic carbocycles. The van der Waals surface area contributed by atoms with Crippen LogP contribution in [0.1, 0.15) is 13.7 Å². The van der Waals surface area contributed by atoms with Crippen molar-refractivity contribution >= 4 is 11.4 Å². The molecule has 0 N–H and O–H groups in total. The van der Waals surface area contributed by atoms with E-state index in [1.807, 2.05) is 0 Å². The molecule has 2 aromatic rings. The Morgan fingerprint density at radius 2 is 1.00 bits per heavy atom.